The predicted octanol–water partition coefficient (Wildman–Crippen LogP) is 3.78. The van der Waals surface area contributed by atoms with Gasteiger partial charge in [-0.3, -0.25) is 4.79 Å². The Morgan fingerprint density at radius 2 is 1.76 bits per heavy atom. The third-order valence-corrected chi connectivity index (χ3v) is 4.46. The van der Waals surface area contributed by atoms with Gasteiger partial charge in [-0.15, -0.1) is 24.0 Å². The zero-order valence-corrected chi connectivity index (χ0v) is 22.1. The summed E-state index contributed by atoms with van der Waals surface area (Å²) < 4.78 is 16.8. The standard InChI is InChI=1S/C24H34N4O4.HI/c1-5-26-24(27-15-18-9-8-10-20(13-18)32-16-23(25)29)28-17(4)19-11-12-21(30-6-2)22(14-19)31-7-3;/h8-14,17H,5-7,15-16H2,1-4H3,(H2,25,29)(H2,26,27,28);1H. The molecule has 0 saturated heterocycles. The number of aliphatic imine (C=N–C) groups is 1. The van der Waals surface area contributed by atoms with Crippen molar-refractivity contribution in [2.75, 3.05) is 26.4 Å². The highest BCUT2D eigenvalue weighted by Crippen LogP contribution is 2.30. The Morgan fingerprint density at radius 1 is 1.03 bits per heavy atom. The lowest BCUT2D eigenvalue weighted by atomic mass is 10.1. The number of guanidine groups is 1. The first-order valence-electron chi connectivity index (χ1n) is 10.9. The number of hydrogen-bond donors (Lipinski definition) is 3. The second kappa shape index (κ2) is 15.2. The molecule has 0 aromatic heterocycles. The van der Waals surface area contributed by atoms with Crippen LogP contribution in [0.2, 0.25) is 0 Å². The van der Waals surface area contributed by atoms with Crippen LogP contribution in [0.5, 0.6) is 17.2 Å². The molecule has 1 atom stereocenters. The fourth-order valence-corrected chi connectivity index (χ4v) is 3.00. The molecule has 0 radical (unpaired) electrons. The maximum absolute atomic E-state index is 10.9. The van der Waals surface area contributed by atoms with Crippen molar-refractivity contribution in [1.82, 2.24) is 10.6 Å². The zero-order valence-electron chi connectivity index (χ0n) is 19.7. The molecule has 0 fully saturated rings. The molecule has 1 unspecified atom stereocenters. The topological polar surface area (TPSA) is 107 Å². The number of nitrogens with two attached hydrogens (primary N) is 1. The van der Waals surface area contributed by atoms with Crippen LogP contribution in [0, 0.1) is 0 Å². The van der Waals surface area contributed by atoms with Crippen LogP contribution in [0.1, 0.15) is 44.9 Å². The second-order valence-corrected chi connectivity index (χ2v) is 7.04. The number of rotatable bonds is 12. The van der Waals surface area contributed by atoms with Gasteiger partial charge in [0, 0.05) is 6.54 Å². The maximum Gasteiger partial charge on any atom is 0.255 e. The van der Waals surface area contributed by atoms with Gasteiger partial charge in [0.05, 0.1) is 25.8 Å². The van der Waals surface area contributed by atoms with Gasteiger partial charge >= 0.3 is 0 Å². The summed E-state index contributed by atoms with van der Waals surface area (Å²) in [6.45, 7) is 10.2. The molecule has 33 heavy (non-hydrogen) atoms. The Morgan fingerprint density at radius 3 is 2.42 bits per heavy atom. The van der Waals surface area contributed by atoms with Crippen LogP contribution in [-0.4, -0.2) is 38.2 Å². The zero-order chi connectivity index (χ0) is 23.3. The van der Waals surface area contributed by atoms with Crippen molar-refractivity contribution in [2.45, 2.75) is 40.3 Å². The Bertz CT molecular complexity index is 908. The molecular formula is C24H35IN4O4. The molecule has 4 N–H and O–H groups in total. The average Bonchev–Trinajstić information content (AvgIpc) is 2.78. The van der Waals surface area contributed by atoms with Gasteiger partial charge in [0.25, 0.3) is 5.91 Å². The van der Waals surface area contributed by atoms with E-state index in [1.54, 1.807) is 6.07 Å². The molecule has 8 nitrogen and oxygen atoms in total. The minimum absolute atomic E-state index is 0. The van der Waals surface area contributed by atoms with Crippen molar-refractivity contribution in [3.8, 4) is 17.2 Å². The fourth-order valence-electron chi connectivity index (χ4n) is 3.00. The van der Waals surface area contributed by atoms with Gasteiger partial charge in [0.1, 0.15) is 5.75 Å². The summed E-state index contributed by atoms with van der Waals surface area (Å²) in [6.07, 6.45) is 0. The summed E-state index contributed by atoms with van der Waals surface area (Å²) >= 11 is 0. The van der Waals surface area contributed by atoms with Gasteiger partial charge in [0.2, 0.25) is 0 Å². The molecule has 182 valence electrons. The third-order valence-electron chi connectivity index (χ3n) is 4.46. The number of primary amides is 1. The van der Waals surface area contributed by atoms with E-state index in [9.17, 15) is 4.79 Å². The number of benzene rings is 2. The number of nitrogens with one attached hydrogen (secondary N) is 2. The first-order chi connectivity index (χ1) is 15.5. The monoisotopic (exact) mass is 570 g/mol. The third kappa shape index (κ3) is 9.77. The van der Waals surface area contributed by atoms with Crippen molar-refractivity contribution >= 4 is 35.8 Å². The van der Waals surface area contributed by atoms with Crippen molar-refractivity contribution in [3.63, 3.8) is 0 Å². The summed E-state index contributed by atoms with van der Waals surface area (Å²) in [4.78, 5) is 15.6. The number of ether oxygens (including phenoxy) is 3. The van der Waals surface area contributed by atoms with Crippen molar-refractivity contribution < 1.29 is 19.0 Å². The lowest BCUT2D eigenvalue weighted by Crippen LogP contribution is -2.38. The lowest BCUT2D eigenvalue weighted by Gasteiger charge is -2.20. The SMILES string of the molecule is CCNC(=NCc1cccc(OCC(N)=O)c1)NC(C)c1ccc(OCC)c(OCC)c1.I. The molecule has 0 aliphatic rings. The quantitative estimate of drug-likeness (QED) is 0.204. The Hall–Kier alpha value is -2.69. The average molecular weight is 570 g/mol. The van der Waals surface area contributed by atoms with Crippen molar-refractivity contribution in [3.05, 3.63) is 53.6 Å². The molecule has 0 bridgehead atoms. The highest BCUT2D eigenvalue weighted by molar-refractivity contribution is 14.0. The van der Waals surface area contributed by atoms with E-state index >= 15 is 0 Å². The van der Waals surface area contributed by atoms with E-state index in [2.05, 4.69) is 22.5 Å². The van der Waals surface area contributed by atoms with Gasteiger partial charge < -0.3 is 30.6 Å². The van der Waals surface area contributed by atoms with Crippen LogP contribution in [0.4, 0.5) is 0 Å². The molecule has 2 aromatic rings. The van der Waals surface area contributed by atoms with Crippen LogP contribution in [-0.2, 0) is 11.3 Å². The molecule has 2 aromatic carbocycles. The number of hydrogen-bond acceptors (Lipinski definition) is 5. The van der Waals surface area contributed by atoms with E-state index in [-0.39, 0.29) is 36.6 Å². The van der Waals surface area contributed by atoms with E-state index in [0.717, 1.165) is 29.2 Å². The van der Waals surface area contributed by atoms with Gasteiger partial charge in [-0.25, -0.2) is 4.99 Å². The molecule has 0 aliphatic heterocycles. The normalized spacial score (nSPS) is 11.7. The van der Waals surface area contributed by atoms with Crippen LogP contribution in [0.25, 0.3) is 0 Å². The lowest BCUT2D eigenvalue weighted by molar-refractivity contribution is -0.119. The summed E-state index contributed by atoms with van der Waals surface area (Å²) in [5.74, 6) is 2.23. The molecular weight excluding hydrogens is 535 g/mol. The van der Waals surface area contributed by atoms with Gasteiger partial charge in [-0.1, -0.05) is 18.2 Å². The van der Waals surface area contributed by atoms with E-state index < -0.39 is 5.91 Å². The van der Waals surface area contributed by atoms with Crippen LogP contribution in [0.15, 0.2) is 47.5 Å². The molecule has 1 amide bonds. The second-order valence-electron chi connectivity index (χ2n) is 7.04. The molecule has 9 heteroatoms. The number of halogens is 1. The minimum Gasteiger partial charge on any atom is -0.490 e. The smallest absolute Gasteiger partial charge is 0.255 e. The highest BCUT2D eigenvalue weighted by atomic mass is 127. The van der Waals surface area contributed by atoms with E-state index in [0.29, 0.717) is 31.5 Å². The van der Waals surface area contributed by atoms with Crippen molar-refractivity contribution in [2.24, 2.45) is 10.7 Å². The molecule has 0 spiro atoms. The van der Waals surface area contributed by atoms with Gasteiger partial charge in [-0.2, -0.15) is 0 Å². The predicted molar refractivity (Wildman–Crippen MR) is 142 cm³/mol. The van der Waals surface area contributed by atoms with E-state index in [1.165, 1.54) is 0 Å². The maximum atomic E-state index is 10.9. The van der Waals surface area contributed by atoms with Crippen LogP contribution < -0.4 is 30.6 Å². The first kappa shape index (κ1) is 28.3. The Kier molecular flexibility index (Phi) is 13.1. The summed E-state index contributed by atoms with van der Waals surface area (Å²) in [7, 11) is 0. The van der Waals surface area contributed by atoms with E-state index in [4.69, 9.17) is 19.9 Å². The van der Waals surface area contributed by atoms with E-state index in [1.807, 2.05) is 57.2 Å². The number of nitrogens with zero attached hydrogens (tertiary/aromatic N) is 1. The summed E-state index contributed by atoms with van der Waals surface area (Å²) in [5, 5.41) is 6.70. The van der Waals surface area contributed by atoms with Gasteiger partial charge in [-0.05, 0) is 63.1 Å². The fraction of sp³-hybridized carbons (Fsp3) is 0.417. The molecule has 0 heterocycles. The Labute approximate surface area is 213 Å². The molecule has 2 rings (SSSR count). The highest BCUT2D eigenvalue weighted by Gasteiger charge is 2.12. The number of carbonyl (C=O) groups is 1. The molecule has 0 aliphatic carbocycles. The summed E-state index contributed by atoms with van der Waals surface area (Å²) in [6, 6.07) is 13.4. The van der Waals surface area contributed by atoms with Crippen LogP contribution >= 0.6 is 24.0 Å². The van der Waals surface area contributed by atoms with Crippen LogP contribution in [0.3, 0.4) is 0 Å². The van der Waals surface area contributed by atoms with Crippen molar-refractivity contribution in [1.29, 1.82) is 0 Å². The largest absolute Gasteiger partial charge is 0.490 e. The number of carbonyl (C=O) groups excluding carboxylic acids is 1. The summed E-state index contributed by atoms with van der Waals surface area (Å²) in [5.41, 5.74) is 7.15. The number of amides is 1. The first-order valence-corrected chi connectivity index (χ1v) is 10.9. The Balaban J connectivity index is 0.00000544. The minimum atomic E-state index is -0.511. The molecule has 0 saturated carbocycles. The van der Waals surface area contributed by atoms with Gasteiger partial charge in [0.15, 0.2) is 24.1 Å².